The number of nitrogens with one attached hydrogen (secondary N) is 2. The maximum atomic E-state index is 10.7. The molecule has 0 atom stereocenters. The lowest BCUT2D eigenvalue weighted by atomic mass is 10.4. The second-order valence-electron chi connectivity index (χ2n) is 3.05. The Bertz CT molecular complexity index is 408. The van der Waals surface area contributed by atoms with Crippen LogP contribution in [0.1, 0.15) is 4.88 Å². The second-order valence-corrected chi connectivity index (χ2v) is 7.43. The van der Waals surface area contributed by atoms with Crippen molar-refractivity contribution in [3.05, 3.63) is 20.8 Å². The van der Waals surface area contributed by atoms with Gasteiger partial charge >= 0.3 is 0 Å². The summed E-state index contributed by atoms with van der Waals surface area (Å²) in [6.07, 6.45) is 1.16. The van der Waals surface area contributed by atoms with Crippen LogP contribution in [0, 0.1) is 0 Å². The molecular weight excluding hydrogens is 336 g/mol. The van der Waals surface area contributed by atoms with Gasteiger partial charge in [-0.3, -0.25) is 0 Å². The van der Waals surface area contributed by atoms with Gasteiger partial charge in [0, 0.05) is 24.5 Å². The highest BCUT2D eigenvalue weighted by Gasteiger charge is 1.99. The van der Waals surface area contributed by atoms with E-state index in [-0.39, 0.29) is 12.4 Å². The van der Waals surface area contributed by atoms with E-state index in [0.29, 0.717) is 13.1 Å². The Kier molecular flexibility index (Phi) is 7.79. The highest BCUT2D eigenvalue weighted by atomic mass is 79.9. The molecule has 0 bridgehead atoms. The molecule has 0 aliphatic rings. The van der Waals surface area contributed by atoms with Crippen LogP contribution in [-0.2, 0) is 16.6 Å². The summed E-state index contributed by atoms with van der Waals surface area (Å²) in [7, 11) is -3.06. The number of halogens is 2. The van der Waals surface area contributed by atoms with Crippen LogP contribution in [0.4, 0.5) is 0 Å². The number of sulfonamides is 1. The van der Waals surface area contributed by atoms with Crippen molar-refractivity contribution in [2.75, 3.05) is 19.3 Å². The molecule has 0 aromatic carbocycles. The van der Waals surface area contributed by atoms with Crippen LogP contribution in [0.15, 0.2) is 15.9 Å². The fourth-order valence-electron chi connectivity index (χ4n) is 0.983. The van der Waals surface area contributed by atoms with E-state index in [0.717, 1.165) is 16.6 Å². The van der Waals surface area contributed by atoms with E-state index in [1.165, 1.54) is 4.88 Å². The quantitative estimate of drug-likeness (QED) is 0.767. The second kappa shape index (κ2) is 7.62. The maximum Gasteiger partial charge on any atom is 0.208 e. The first-order valence-electron chi connectivity index (χ1n) is 4.37. The fourth-order valence-corrected chi connectivity index (χ4v) is 2.91. The first kappa shape index (κ1) is 16.3. The SMILES string of the molecule is CS(=O)(=O)NCCNCc1ccc(Br)s1.Cl. The molecule has 0 fully saturated rings. The van der Waals surface area contributed by atoms with Crippen LogP contribution in [0.2, 0.25) is 0 Å². The molecule has 94 valence electrons. The molecule has 16 heavy (non-hydrogen) atoms. The first-order valence-corrected chi connectivity index (χ1v) is 7.87. The topological polar surface area (TPSA) is 58.2 Å². The Morgan fingerprint density at radius 1 is 1.38 bits per heavy atom. The van der Waals surface area contributed by atoms with Gasteiger partial charge in [-0.05, 0) is 28.1 Å². The molecule has 1 heterocycles. The lowest BCUT2D eigenvalue weighted by Gasteiger charge is -2.03. The van der Waals surface area contributed by atoms with Gasteiger partial charge in [-0.1, -0.05) is 0 Å². The molecule has 1 aromatic heterocycles. The van der Waals surface area contributed by atoms with Crippen LogP contribution < -0.4 is 10.0 Å². The summed E-state index contributed by atoms with van der Waals surface area (Å²) >= 11 is 5.05. The summed E-state index contributed by atoms with van der Waals surface area (Å²) in [5.41, 5.74) is 0. The van der Waals surface area contributed by atoms with Crippen molar-refractivity contribution < 1.29 is 8.42 Å². The van der Waals surface area contributed by atoms with Gasteiger partial charge in [0.15, 0.2) is 0 Å². The minimum atomic E-state index is -3.06. The van der Waals surface area contributed by atoms with Gasteiger partial charge in [-0.25, -0.2) is 13.1 Å². The van der Waals surface area contributed by atoms with Gasteiger partial charge in [0.05, 0.1) is 10.0 Å². The van der Waals surface area contributed by atoms with E-state index >= 15 is 0 Å². The van der Waals surface area contributed by atoms with Crippen LogP contribution in [0.25, 0.3) is 0 Å². The average molecular weight is 350 g/mol. The molecule has 0 aliphatic heterocycles. The molecule has 4 nitrogen and oxygen atoms in total. The Morgan fingerprint density at radius 3 is 2.56 bits per heavy atom. The normalized spacial score (nSPS) is 11.1. The summed E-state index contributed by atoms with van der Waals surface area (Å²) < 4.78 is 25.0. The highest BCUT2D eigenvalue weighted by molar-refractivity contribution is 9.11. The number of hydrogen-bond acceptors (Lipinski definition) is 4. The maximum absolute atomic E-state index is 10.7. The summed E-state index contributed by atoms with van der Waals surface area (Å²) in [4.78, 5) is 1.22. The summed E-state index contributed by atoms with van der Waals surface area (Å²) in [5, 5.41) is 3.15. The van der Waals surface area contributed by atoms with E-state index in [4.69, 9.17) is 0 Å². The molecule has 0 saturated heterocycles. The number of hydrogen-bond donors (Lipinski definition) is 2. The fraction of sp³-hybridized carbons (Fsp3) is 0.500. The van der Waals surface area contributed by atoms with Gasteiger partial charge in [-0.15, -0.1) is 23.7 Å². The lowest BCUT2D eigenvalue weighted by molar-refractivity contribution is 0.582. The molecule has 0 aliphatic carbocycles. The summed E-state index contributed by atoms with van der Waals surface area (Å²) in [6.45, 7) is 1.82. The summed E-state index contributed by atoms with van der Waals surface area (Å²) in [6, 6.07) is 4.03. The van der Waals surface area contributed by atoms with E-state index in [1.54, 1.807) is 11.3 Å². The van der Waals surface area contributed by atoms with Gasteiger partial charge < -0.3 is 5.32 Å². The summed E-state index contributed by atoms with van der Waals surface area (Å²) in [5.74, 6) is 0. The van der Waals surface area contributed by atoms with Crippen molar-refractivity contribution in [1.82, 2.24) is 10.0 Å². The predicted octanol–water partition coefficient (Wildman–Crippen LogP) is 1.57. The third kappa shape index (κ3) is 7.59. The van der Waals surface area contributed by atoms with E-state index in [2.05, 4.69) is 26.0 Å². The standard InChI is InChI=1S/C8H13BrN2O2S2.ClH/c1-15(12,13)11-5-4-10-6-7-2-3-8(9)14-7;/h2-3,10-11H,4-6H2,1H3;1H. The largest absolute Gasteiger partial charge is 0.311 e. The third-order valence-electron chi connectivity index (χ3n) is 1.59. The van der Waals surface area contributed by atoms with Crippen LogP contribution >= 0.6 is 39.7 Å². The first-order chi connectivity index (χ1) is 6.97. The molecule has 0 radical (unpaired) electrons. The minimum absolute atomic E-state index is 0. The Hall–Kier alpha value is 0.340. The zero-order valence-corrected chi connectivity index (χ0v) is 12.7. The number of thiophene rings is 1. The van der Waals surface area contributed by atoms with Crippen LogP contribution in [0.3, 0.4) is 0 Å². The smallest absolute Gasteiger partial charge is 0.208 e. The van der Waals surface area contributed by atoms with Crippen molar-refractivity contribution in [2.45, 2.75) is 6.54 Å². The average Bonchev–Trinajstić information content (AvgIpc) is 2.49. The van der Waals surface area contributed by atoms with Crippen molar-refractivity contribution in [3.8, 4) is 0 Å². The van der Waals surface area contributed by atoms with Gasteiger partial charge in [0.2, 0.25) is 10.0 Å². The third-order valence-corrected chi connectivity index (χ3v) is 3.95. The monoisotopic (exact) mass is 348 g/mol. The van der Waals surface area contributed by atoms with E-state index in [1.807, 2.05) is 12.1 Å². The van der Waals surface area contributed by atoms with Crippen LogP contribution in [0.5, 0.6) is 0 Å². The molecule has 0 amide bonds. The molecule has 0 spiro atoms. The molecular formula is C8H14BrClN2O2S2. The molecule has 2 N–H and O–H groups in total. The van der Waals surface area contributed by atoms with Gasteiger partial charge in [0.1, 0.15) is 0 Å². The predicted molar refractivity (Wildman–Crippen MR) is 73.8 cm³/mol. The molecule has 1 rings (SSSR count). The lowest BCUT2D eigenvalue weighted by Crippen LogP contribution is -2.30. The minimum Gasteiger partial charge on any atom is -0.311 e. The van der Waals surface area contributed by atoms with Crippen molar-refractivity contribution in [3.63, 3.8) is 0 Å². The van der Waals surface area contributed by atoms with Gasteiger partial charge in [0.25, 0.3) is 0 Å². The Morgan fingerprint density at radius 2 is 2.06 bits per heavy atom. The zero-order chi connectivity index (χ0) is 11.3. The van der Waals surface area contributed by atoms with Gasteiger partial charge in [-0.2, -0.15) is 0 Å². The van der Waals surface area contributed by atoms with E-state index < -0.39 is 10.0 Å². The Balaban J connectivity index is 0.00000225. The van der Waals surface area contributed by atoms with Crippen molar-refractivity contribution in [1.29, 1.82) is 0 Å². The molecule has 0 saturated carbocycles. The molecule has 1 aromatic rings. The van der Waals surface area contributed by atoms with Crippen molar-refractivity contribution >= 4 is 49.7 Å². The van der Waals surface area contributed by atoms with Crippen LogP contribution in [-0.4, -0.2) is 27.8 Å². The number of rotatable bonds is 6. The Labute approximate surface area is 114 Å². The highest BCUT2D eigenvalue weighted by Crippen LogP contribution is 2.21. The molecule has 8 heteroatoms. The molecule has 0 unspecified atom stereocenters. The zero-order valence-electron chi connectivity index (χ0n) is 8.70. The van der Waals surface area contributed by atoms with Crippen molar-refractivity contribution in [2.24, 2.45) is 0 Å². The van der Waals surface area contributed by atoms with E-state index in [9.17, 15) is 8.42 Å².